The molecule has 0 fully saturated rings. The molecule has 0 aromatic heterocycles. The molecule has 2 heteroatoms. The molecule has 1 aromatic carbocycles. The van der Waals surface area contributed by atoms with Gasteiger partial charge in [-0.2, -0.15) is 11.8 Å². The molecule has 72 valence electrons. The molecule has 0 aliphatic rings. The highest BCUT2D eigenvalue weighted by atomic mass is 79.9. The van der Waals surface area contributed by atoms with Crippen molar-refractivity contribution < 1.29 is 0 Å². The molecule has 0 aliphatic carbocycles. The lowest BCUT2D eigenvalue weighted by Gasteiger charge is -2.01. The molecular weight excluding hydrogens is 244 g/mol. The van der Waals surface area contributed by atoms with Gasteiger partial charge in [0.25, 0.3) is 0 Å². The number of halogens is 1. The second-order valence-corrected chi connectivity index (χ2v) is 4.98. The Morgan fingerprint density at radius 1 is 1.23 bits per heavy atom. The molecule has 0 atom stereocenters. The molecule has 0 radical (unpaired) electrons. The Bertz CT molecular complexity index is 230. The average molecular weight is 259 g/mol. The number of benzene rings is 1. The summed E-state index contributed by atoms with van der Waals surface area (Å²) in [5.41, 5.74) is 2.78. The minimum Gasteiger partial charge on any atom is -0.157 e. The highest BCUT2D eigenvalue weighted by Gasteiger charge is 1.92. The van der Waals surface area contributed by atoms with Crippen molar-refractivity contribution in [3.63, 3.8) is 0 Å². The molecule has 13 heavy (non-hydrogen) atoms. The summed E-state index contributed by atoms with van der Waals surface area (Å²) in [4.78, 5) is 0. The molecule has 1 rings (SSSR count). The van der Waals surface area contributed by atoms with Gasteiger partial charge in [-0.25, -0.2) is 0 Å². The van der Waals surface area contributed by atoms with Crippen LogP contribution in [-0.2, 0) is 5.75 Å². The van der Waals surface area contributed by atoms with Crippen molar-refractivity contribution in [2.24, 2.45) is 0 Å². The molecule has 0 aliphatic heterocycles. The van der Waals surface area contributed by atoms with E-state index in [1.54, 1.807) is 0 Å². The van der Waals surface area contributed by atoms with Crippen molar-refractivity contribution in [1.82, 2.24) is 0 Å². The molecule has 0 amide bonds. The first-order chi connectivity index (χ1) is 6.33. The van der Waals surface area contributed by atoms with Crippen LogP contribution in [0.5, 0.6) is 0 Å². The number of alkyl halides is 1. The van der Waals surface area contributed by atoms with Gasteiger partial charge in [0.2, 0.25) is 0 Å². The third-order valence-corrected chi connectivity index (χ3v) is 3.49. The van der Waals surface area contributed by atoms with Crippen LogP contribution >= 0.6 is 27.7 Å². The fourth-order valence-corrected chi connectivity index (χ4v) is 2.60. The van der Waals surface area contributed by atoms with Crippen LogP contribution in [0.1, 0.15) is 17.5 Å². The molecule has 0 unspecified atom stereocenters. The molecule has 1 aromatic rings. The van der Waals surface area contributed by atoms with E-state index < -0.39 is 0 Å². The molecule has 0 saturated heterocycles. The Morgan fingerprint density at radius 2 is 1.92 bits per heavy atom. The zero-order chi connectivity index (χ0) is 9.52. The zero-order valence-electron chi connectivity index (χ0n) is 7.92. The van der Waals surface area contributed by atoms with Gasteiger partial charge in [-0.15, -0.1) is 0 Å². The van der Waals surface area contributed by atoms with Gasteiger partial charge in [-0.3, -0.25) is 0 Å². The van der Waals surface area contributed by atoms with Gasteiger partial charge < -0.3 is 0 Å². The van der Waals surface area contributed by atoms with Crippen LogP contribution in [0.25, 0.3) is 0 Å². The first-order valence-corrected chi connectivity index (χ1v) is 6.80. The van der Waals surface area contributed by atoms with E-state index >= 15 is 0 Å². The Hall–Kier alpha value is 0.0500. The predicted molar refractivity (Wildman–Crippen MR) is 65.8 cm³/mol. The van der Waals surface area contributed by atoms with E-state index in [4.69, 9.17) is 0 Å². The molecule has 0 spiro atoms. The fourth-order valence-electron chi connectivity index (χ4n) is 1.03. The Morgan fingerprint density at radius 3 is 2.54 bits per heavy atom. The highest BCUT2D eigenvalue weighted by Crippen LogP contribution is 2.13. The maximum absolute atomic E-state index is 3.43. The standard InChI is InChI=1S/C11H15BrS/c1-10-3-5-11(6-4-10)9-13-8-2-7-12/h3-6H,2,7-9H2,1H3. The summed E-state index contributed by atoms with van der Waals surface area (Å²) in [6.07, 6.45) is 1.26. The normalized spacial score (nSPS) is 10.3. The van der Waals surface area contributed by atoms with E-state index in [2.05, 4.69) is 47.1 Å². The molecule has 0 nitrogen and oxygen atoms in total. The molecule has 0 saturated carbocycles. The SMILES string of the molecule is Cc1ccc(CSCCCBr)cc1. The van der Waals surface area contributed by atoms with E-state index in [0.717, 1.165) is 11.1 Å². The van der Waals surface area contributed by atoms with Gasteiger partial charge in [0, 0.05) is 11.1 Å². The Labute approximate surface area is 93.2 Å². The Balaban J connectivity index is 2.25. The van der Waals surface area contributed by atoms with Crippen LogP contribution in [0.4, 0.5) is 0 Å². The lowest BCUT2D eigenvalue weighted by atomic mass is 10.2. The van der Waals surface area contributed by atoms with Crippen LogP contribution in [0.3, 0.4) is 0 Å². The second-order valence-electron chi connectivity index (χ2n) is 3.08. The monoisotopic (exact) mass is 258 g/mol. The van der Waals surface area contributed by atoms with Crippen LogP contribution in [0.2, 0.25) is 0 Å². The van der Waals surface area contributed by atoms with Gasteiger partial charge in [0.1, 0.15) is 0 Å². The summed E-state index contributed by atoms with van der Waals surface area (Å²) in [5.74, 6) is 2.40. The zero-order valence-corrected chi connectivity index (χ0v) is 10.3. The van der Waals surface area contributed by atoms with Crippen molar-refractivity contribution in [3.8, 4) is 0 Å². The van der Waals surface area contributed by atoms with Crippen LogP contribution in [0.15, 0.2) is 24.3 Å². The molecule has 0 bridgehead atoms. The van der Waals surface area contributed by atoms with Gasteiger partial charge in [0.15, 0.2) is 0 Å². The average Bonchev–Trinajstić information content (AvgIpc) is 2.15. The molecular formula is C11H15BrS. The van der Waals surface area contributed by atoms with Crippen molar-refractivity contribution >= 4 is 27.7 Å². The van der Waals surface area contributed by atoms with Crippen molar-refractivity contribution in [1.29, 1.82) is 0 Å². The smallest absolute Gasteiger partial charge is 0.0184 e. The second kappa shape index (κ2) is 6.50. The lowest BCUT2D eigenvalue weighted by Crippen LogP contribution is -1.84. The molecule has 0 N–H and O–H groups in total. The summed E-state index contributed by atoms with van der Waals surface area (Å²) in [6, 6.07) is 8.80. The van der Waals surface area contributed by atoms with Gasteiger partial charge in [-0.1, -0.05) is 45.8 Å². The first-order valence-electron chi connectivity index (χ1n) is 4.52. The van der Waals surface area contributed by atoms with E-state index in [0.29, 0.717) is 0 Å². The Kier molecular flexibility index (Phi) is 5.56. The number of hydrogen-bond acceptors (Lipinski definition) is 1. The number of thioether (sulfide) groups is 1. The lowest BCUT2D eigenvalue weighted by molar-refractivity contribution is 1.13. The van der Waals surface area contributed by atoms with Crippen LogP contribution in [0, 0.1) is 6.92 Å². The van der Waals surface area contributed by atoms with Crippen LogP contribution < -0.4 is 0 Å². The predicted octanol–water partition coefficient (Wildman–Crippen LogP) is 4.01. The van der Waals surface area contributed by atoms with Crippen molar-refractivity contribution in [3.05, 3.63) is 35.4 Å². The topological polar surface area (TPSA) is 0 Å². The van der Waals surface area contributed by atoms with Crippen LogP contribution in [-0.4, -0.2) is 11.1 Å². The first kappa shape index (κ1) is 11.1. The number of hydrogen-bond donors (Lipinski definition) is 0. The number of aryl methyl sites for hydroxylation is 1. The maximum Gasteiger partial charge on any atom is 0.0184 e. The van der Waals surface area contributed by atoms with Crippen molar-refractivity contribution in [2.45, 2.75) is 19.1 Å². The fraction of sp³-hybridized carbons (Fsp3) is 0.455. The third-order valence-electron chi connectivity index (χ3n) is 1.81. The van der Waals surface area contributed by atoms with E-state index in [1.165, 1.54) is 23.3 Å². The summed E-state index contributed by atoms with van der Waals surface area (Å²) in [6.45, 7) is 2.13. The minimum absolute atomic E-state index is 1.12. The largest absolute Gasteiger partial charge is 0.157 e. The molecule has 0 heterocycles. The summed E-state index contributed by atoms with van der Waals surface area (Å²) >= 11 is 5.44. The third kappa shape index (κ3) is 4.72. The van der Waals surface area contributed by atoms with E-state index in [-0.39, 0.29) is 0 Å². The van der Waals surface area contributed by atoms with E-state index in [9.17, 15) is 0 Å². The maximum atomic E-state index is 3.43. The number of rotatable bonds is 5. The van der Waals surface area contributed by atoms with Gasteiger partial charge >= 0.3 is 0 Å². The minimum atomic E-state index is 1.12. The van der Waals surface area contributed by atoms with Crippen molar-refractivity contribution in [2.75, 3.05) is 11.1 Å². The summed E-state index contributed by atoms with van der Waals surface area (Å²) in [7, 11) is 0. The van der Waals surface area contributed by atoms with Gasteiger partial charge in [-0.05, 0) is 24.7 Å². The van der Waals surface area contributed by atoms with E-state index in [1.807, 2.05) is 11.8 Å². The highest BCUT2D eigenvalue weighted by molar-refractivity contribution is 9.09. The quantitative estimate of drug-likeness (QED) is 0.568. The van der Waals surface area contributed by atoms with Gasteiger partial charge in [0.05, 0.1) is 0 Å². The summed E-state index contributed by atoms with van der Waals surface area (Å²) in [5, 5.41) is 1.12. The summed E-state index contributed by atoms with van der Waals surface area (Å²) < 4.78 is 0.